The van der Waals surface area contributed by atoms with Crippen LogP contribution in [-0.4, -0.2) is 35.1 Å². The normalized spacial score (nSPS) is 19.0. The first-order valence-corrected chi connectivity index (χ1v) is 8.00. The lowest BCUT2D eigenvalue weighted by atomic mass is 10.2. The van der Waals surface area contributed by atoms with E-state index in [0.717, 1.165) is 42.4 Å². The van der Waals surface area contributed by atoms with Gasteiger partial charge in [-0.2, -0.15) is 0 Å². The Morgan fingerprint density at radius 3 is 3.10 bits per heavy atom. The second-order valence-electron chi connectivity index (χ2n) is 5.47. The van der Waals surface area contributed by atoms with Gasteiger partial charge in [-0.05, 0) is 31.7 Å². The fourth-order valence-electron chi connectivity index (χ4n) is 2.71. The lowest BCUT2D eigenvalue weighted by molar-refractivity contribution is 0.0941. The predicted octanol–water partition coefficient (Wildman–Crippen LogP) is 2.36. The molecular weight excluding hydrogens is 286 g/mol. The Labute approximate surface area is 127 Å². The molecule has 0 aromatic carbocycles. The summed E-state index contributed by atoms with van der Waals surface area (Å²) in [5.74, 6) is 0.924. The predicted molar refractivity (Wildman–Crippen MR) is 81.4 cm³/mol. The lowest BCUT2D eigenvalue weighted by Gasteiger charge is -2.16. The monoisotopic (exact) mass is 305 g/mol. The van der Waals surface area contributed by atoms with E-state index in [2.05, 4.69) is 15.4 Å². The van der Waals surface area contributed by atoms with Crippen molar-refractivity contribution in [3.05, 3.63) is 39.4 Å². The number of rotatable bonds is 4. The van der Waals surface area contributed by atoms with Crippen LogP contribution in [0.15, 0.2) is 22.0 Å². The molecule has 1 N–H and O–H groups in total. The molecule has 0 saturated carbocycles. The molecule has 1 aliphatic rings. The maximum absolute atomic E-state index is 12.0. The van der Waals surface area contributed by atoms with E-state index in [1.807, 2.05) is 31.4 Å². The SMILES string of the molecule is Cc1noc(C)c1CN1CC[C@@H](NC(=O)c2cccs2)C1. The Morgan fingerprint density at radius 2 is 2.43 bits per heavy atom. The lowest BCUT2D eigenvalue weighted by Crippen LogP contribution is -2.36. The number of hydrogen-bond acceptors (Lipinski definition) is 5. The average Bonchev–Trinajstić information content (AvgIpc) is 3.17. The van der Waals surface area contributed by atoms with Gasteiger partial charge < -0.3 is 9.84 Å². The Balaban J connectivity index is 1.55. The second kappa shape index (κ2) is 5.99. The molecule has 1 saturated heterocycles. The summed E-state index contributed by atoms with van der Waals surface area (Å²) < 4.78 is 5.20. The molecule has 1 fully saturated rings. The van der Waals surface area contributed by atoms with Gasteiger partial charge in [0.1, 0.15) is 5.76 Å². The molecule has 0 radical (unpaired) electrons. The molecule has 0 aliphatic carbocycles. The van der Waals surface area contributed by atoms with Gasteiger partial charge in [0.15, 0.2) is 0 Å². The van der Waals surface area contributed by atoms with Crippen LogP contribution < -0.4 is 5.32 Å². The molecule has 1 atom stereocenters. The largest absolute Gasteiger partial charge is 0.361 e. The van der Waals surface area contributed by atoms with E-state index in [9.17, 15) is 4.79 Å². The standard InChI is InChI=1S/C15H19N3O2S/c1-10-13(11(2)20-17-10)9-18-6-5-12(8-18)16-15(19)14-4-3-7-21-14/h3-4,7,12H,5-6,8-9H2,1-2H3,(H,16,19)/t12-/m1/s1. The van der Waals surface area contributed by atoms with Crippen molar-refractivity contribution in [3.63, 3.8) is 0 Å². The van der Waals surface area contributed by atoms with Crippen LogP contribution in [0.5, 0.6) is 0 Å². The van der Waals surface area contributed by atoms with Gasteiger partial charge in [-0.1, -0.05) is 11.2 Å². The Kier molecular flexibility index (Phi) is 4.07. The average molecular weight is 305 g/mol. The van der Waals surface area contributed by atoms with E-state index >= 15 is 0 Å². The molecule has 3 rings (SSSR count). The summed E-state index contributed by atoms with van der Waals surface area (Å²) in [6.45, 7) is 6.62. The van der Waals surface area contributed by atoms with Gasteiger partial charge in [-0.25, -0.2) is 0 Å². The summed E-state index contributed by atoms with van der Waals surface area (Å²) >= 11 is 1.48. The second-order valence-corrected chi connectivity index (χ2v) is 6.42. The van der Waals surface area contributed by atoms with Crippen molar-refractivity contribution in [2.75, 3.05) is 13.1 Å². The maximum atomic E-state index is 12.0. The van der Waals surface area contributed by atoms with E-state index in [1.54, 1.807) is 0 Å². The molecule has 112 valence electrons. The molecule has 3 heterocycles. The number of hydrogen-bond donors (Lipinski definition) is 1. The minimum Gasteiger partial charge on any atom is -0.361 e. The molecule has 0 spiro atoms. The Hall–Kier alpha value is -1.66. The van der Waals surface area contributed by atoms with Crippen LogP contribution in [0, 0.1) is 13.8 Å². The van der Waals surface area contributed by atoms with Crippen molar-refractivity contribution in [2.45, 2.75) is 32.9 Å². The van der Waals surface area contributed by atoms with Crippen LogP contribution in [0.1, 0.15) is 33.1 Å². The topological polar surface area (TPSA) is 58.4 Å². The third-order valence-corrected chi connectivity index (χ3v) is 4.78. The van der Waals surface area contributed by atoms with Crippen molar-refractivity contribution in [3.8, 4) is 0 Å². The van der Waals surface area contributed by atoms with E-state index in [4.69, 9.17) is 4.52 Å². The summed E-state index contributed by atoms with van der Waals surface area (Å²) in [6, 6.07) is 3.98. The fourth-order valence-corrected chi connectivity index (χ4v) is 3.34. The minimum absolute atomic E-state index is 0.0363. The Bertz CT molecular complexity index is 601. The number of amides is 1. The van der Waals surface area contributed by atoms with Crippen molar-refractivity contribution < 1.29 is 9.32 Å². The highest BCUT2D eigenvalue weighted by Crippen LogP contribution is 2.19. The summed E-state index contributed by atoms with van der Waals surface area (Å²) in [6.07, 6.45) is 0.987. The molecule has 0 unspecified atom stereocenters. The number of nitrogens with zero attached hydrogens (tertiary/aromatic N) is 2. The fraction of sp³-hybridized carbons (Fsp3) is 0.467. The third-order valence-electron chi connectivity index (χ3n) is 3.92. The highest BCUT2D eigenvalue weighted by molar-refractivity contribution is 7.12. The molecule has 5 nitrogen and oxygen atoms in total. The molecule has 2 aromatic heterocycles. The maximum Gasteiger partial charge on any atom is 0.261 e. The molecule has 1 amide bonds. The smallest absolute Gasteiger partial charge is 0.261 e. The van der Waals surface area contributed by atoms with Crippen LogP contribution >= 0.6 is 11.3 Å². The van der Waals surface area contributed by atoms with E-state index < -0.39 is 0 Å². The summed E-state index contributed by atoms with van der Waals surface area (Å²) in [7, 11) is 0. The summed E-state index contributed by atoms with van der Waals surface area (Å²) in [4.78, 5) is 15.2. The van der Waals surface area contributed by atoms with Gasteiger partial charge in [0.25, 0.3) is 5.91 Å². The zero-order valence-electron chi connectivity index (χ0n) is 12.3. The van der Waals surface area contributed by atoms with Crippen LogP contribution in [-0.2, 0) is 6.54 Å². The molecule has 6 heteroatoms. The number of aryl methyl sites for hydroxylation is 2. The first-order valence-electron chi connectivity index (χ1n) is 7.12. The number of thiophene rings is 1. The van der Waals surface area contributed by atoms with Gasteiger partial charge in [-0.3, -0.25) is 9.69 Å². The third kappa shape index (κ3) is 3.16. The van der Waals surface area contributed by atoms with E-state index in [-0.39, 0.29) is 11.9 Å². The number of carbonyl (C=O) groups is 1. The molecule has 0 bridgehead atoms. The van der Waals surface area contributed by atoms with Crippen LogP contribution in [0.3, 0.4) is 0 Å². The molecular formula is C15H19N3O2S. The van der Waals surface area contributed by atoms with Crippen molar-refractivity contribution >= 4 is 17.2 Å². The van der Waals surface area contributed by atoms with Gasteiger partial charge in [0.2, 0.25) is 0 Å². The highest BCUT2D eigenvalue weighted by atomic mass is 32.1. The quantitative estimate of drug-likeness (QED) is 0.942. The van der Waals surface area contributed by atoms with E-state index in [0.29, 0.717) is 0 Å². The first kappa shape index (κ1) is 14.3. The van der Waals surface area contributed by atoms with Crippen molar-refractivity contribution in [1.29, 1.82) is 0 Å². The van der Waals surface area contributed by atoms with Gasteiger partial charge in [0.05, 0.1) is 10.6 Å². The van der Waals surface area contributed by atoms with E-state index in [1.165, 1.54) is 16.9 Å². The zero-order chi connectivity index (χ0) is 14.8. The summed E-state index contributed by atoms with van der Waals surface area (Å²) in [5.41, 5.74) is 2.12. The number of likely N-dealkylation sites (tertiary alicyclic amines) is 1. The highest BCUT2D eigenvalue weighted by Gasteiger charge is 2.25. The molecule has 1 aliphatic heterocycles. The molecule has 21 heavy (non-hydrogen) atoms. The minimum atomic E-state index is 0.0363. The summed E-state index contributed by atoms with van der Waals surface area (Å²) in [5, 5.41) is 9.02. The van der Waals surface area contributed by atoms with Gasteiger partial charge in [-0.15, -0.1) is 11.3 Å². The Morgan fingerprint density at radius 1 is 1.57 bits per heavy atom. The van der Waals surface area contributed by atoms with Gasteiger partial charge >= 0.3 is 0 Å². The van der Waals surface area contributed by atoms with Crippen LogP contribution in [0.2, 0.25) is 0 Å². The van der Waals surface area contributed by atoms with Crippen molar-refractivity contribution in [2.24, 2.45) is 0 Å². The number of aromatic nitrogens is 1. The zero-order valence-corrected chi connectivity index (χ0v) is 13.1. The van der Waals surface area contributed by atoms with Crippen LogP contribution in [0.25, 0.3) is 0 Å². The van der Waals surface area contributed by atoms with Crippen molar-refractivity contribution in [1.82, 2.24) is 15.4 Å². The number of carbonyl (C=O) groups excluding carboxylic acids is 1. The first-order chi connectivity index (χ1) is 10.1. The molecule has 2 aromatic rings. The van der Waals surface area contributed by atoms with Crippen LogP contribution in [0.4, 0.5) is 0 Å². The number of nitrogens with one attached hydrogen (secondary N) is 1. The van der Waals surface area contributed by atoms with Gasteiger partial charge in [0, 0.05) is 31.2 Å².